The van der Waals surface area contributed by atoms with Gasteiger partial charge in [-0.05, 0) is 29.7 Å². The van der Waals surface area contributed by atoms with Crippen molar-refractivity contribution in [3.05, 3.63) is 35.5 Å². The zero-order valence-electron chi connectivity index (χ0n) is 11.2. The van der Waals surface area contributed by atoms with Gasteiger partial charge in [0, 0.05) is 30.7 Å². The number of aryl methyl sites for hydroxylation is 1. The molecule has 17 heavy (non-hydrogen) atoms. The summed E-state index contributed by atoms with van der Waals surface area (Å²) in [6, 6.07) is 6.83. The van der Waals surface area contributed by atoms with Crippen molar-refractivity contribution in [1.29, 1.82) is 0 Å². The lowest BCUT2D eigenvalue weighted by atomic mass is 10.0. The minimum Gasteiger partial charge on any atom is -0.350 e. The highest BCUT2D eigenvalue weighted by molar-refractivity contribution is 5.84. The first-order valence-corrected chi connectivity index (χ1v) is 6.42. The molecule has 92 valence electrons. The number of aromatic nitrogens is 1. The second kappa shape index (κ2) is 4.92. The predicted molar refractivity (Wildman–Crippen MR) is 74.4 cm³/mol. The fourth-order valence-electron chi connectivity index (χ4n) is 2.24. The molecule has 1 heterocycles. The molecule has 0 saturated carbocycles. The molecule has 0 spiro atoms. The second-order valence-corrected chi connectivity index (χ2v) is 4.98. The summed E-state index contributed by atoms with van der Waals surface area (Å²) in [6.07, 6.45) is 2.23. The Morgan fingerprint density at radius 3 is 2.71 bits per heavy atom. The van der Waals surface area contributed by atoms with Gasteiger partial charge in [-0.1, -0.05) is 32.9 Å². The maximum Gasteiger partial charge on any atom is 0.0483 e. The third kappa shape index (κ3) is 2.37. The van der Waals surface area contributed by atoms with Gasteiger partial charge in [-0.15, -0.1) is 0 Å². The van der Waals surface area contributed by atoms with Crippen LogP contribution in [0.4, 0.5) is 0 Å². The van der Waals surface area contributed by atoms with E-state index in [0.717, 1.165) is 13.1 Å². The quantitative estimate of drug-likeness (QED) is 0.851. The maximum atomic E-state index is 3.39. The summed E-state index contributed by atoms with van der Waals surface area (Å²) in [5.74, 6) is 0.589. The van der Waals surface area contributed by atoms with Crippen molar-refractivity contribution >= 4 is 10.9 Å². The molecule has 2 heteroatoms. The molecule has 0 atom stereocenters. The van der Waals surface area contributed by atoms with Crippen LogP contribution >= 0.6 is 0 Å². The van der Waals surface area contributed by atoms with Crippen molar-refractivity contribution in [2.24, 2.45) is 7.05 Å². The largest absolute Gasteiger partial charge is 0.350 e. The first-order chi connectivity index (χ1) is 8.13. The third-order valence-electron chi connectivity index (χ3n) is 3.33. The average molecular weight is 230 g/mol. The molecule has 2 aromatic rings. The topological polar surface area (TPSA) is 17.0 Å². The van der Waals surface area contributed by atoms with Crippen LogP contribution in [0.1, 0.15) is 37.8 Å². The molecule has 0 amide bonds. The van der Waals surface area contributed by atoms with E-state index in [4.69, 9.17) is 0 Å². The Balaban J connectivity index is 2.45. The summed E-state index contributed by atoms with van der Waals surface area (Å²) in [5.41, 5.74) is 4.14. The van der Waals surface area contributed by atoms with Crippen LogP contribution in [0.15, 0.2) is 24.4 Å². The SMILES string of the molecule is CCNCc1cn(C)c2cc(C(C)C)ccc12. The molecule has 0 bridgehead atoms. The number of fused-ring (bicyclic) bond motifs is 1. The van der Waals surface area contributed by atoms with E-state index >= 15 is 0 Å². The van der Waals surface area contributed by atoms with E-state index in [2.05, 4.69) is 62.1 Å². The number of rotatable bonds is 4. The first kappa shape index (κ1) is 12.2. The molecule has 0 saturated heterocycles. The van der Waals surface area contributed by atoms with Gasteiger partial charge in [-0.2, -0.15) is 0 Å². The van der Waals surface area contributed by atoms with Crippen molar-refractivity contribution in [3.8, 4) is 0 Å². The zero-order valence-corrected chi connectivity index (χ0v) is 11.2. The van der Waals surface area contributed by atoms with Gasteiger partial charge in [0.1, 0.15) is 0 Å². The highest BCUT2D eigenvalue weighted by Crippen LogP contribution is 2.25. The van der Waals surface area contributed by atoms with Crippen LogP contribution in [0, 0.1) is 0 Å². The van der Waals surface area contributed by atoms with E-state index in [9.17, 15) is 0 Å². The normalized spacial score (nSPS) is 11.6. The Morgan fingerprint density at radius 1 is 1.29 bits per heavy atom. The highest BCUT2D eigenvalue weighted by Gasteiger charge is 2.08. The van der Waals surface area contributed by atoms with Gasteiger partial charge in [-0.3, -0.25) is 0 Å². The fourth-order valence-corrected chi connectivity index (χ4v) is 2.24. The highest BCUT2D eigenvalue weighted by atomic mass is 14.9. The number of nitrogens with one attached hydrogen (secondary N) is 1. The standard InChI is InChI=1S/C15H22N2/c1-5-16-9-13-10-17(4)15-8-12(11(2)3)6-7-14(13)15/h6-8,10-11,16H,5,9H2,1-4H3. The minimum atomic E-state index is 0.589. The molecule has 1 aromatic heterocycles. The summed E-state index contributed by atoms with van der Waals surface area (Å²) in [7, 11) is 2.13. The van der Waals surface area contributed by atoms with Crippen molar-refractivity contribution in [2.45, 2.75) is 33.2 Å². The number of hydrogen-bond acceptors (Lipinski definition) is 1. The van der Waals surface area contributed by atoms with Gasteiger partial charge < -0.3 is 9.88 Å². The fraction of sp³-hybridized carbons (Fsp3) is 0.467. The molecule has 0 aliphatic carbocycles. The molecule has 2 rings (SSSR count). The summed E-state index contributed by atoms with van der Waals surface area (Å²) >= 11 is 0. The number of nitrogens with zero attached hydrogens (tertiary/aromatic N) is 1. The van der Waals surface area contributed by atoms with E-state index < -0.39 is 0 Å². The molecule has 0 unspecified atom stereocenters. The van der Waals surface area contributed by atoms with Crippen LogP contribution < -0.4 is 5.32 Å². The van der Waals surface area contributed by atoms with Crippen molar-refractivity contribution in [1.82, 2.24) is 9.88 Å². The lowest BCUT2D eigenvalue weighted by molar-refractivity contribution is 0.727. The van der Waals surface area contributed by atoms with Gasteiger partial charge in [0.25, 0.3) is 0 Å². The summed E-state index contributed by atoms with van der Waals surface area (Å²) in [6.45, 7) is 8.59. The van der Waals surface area contributed by atoms with Crippen molar-refractivity contribution in [3.63, 3.8) is 0 Å². The van der Waals surface area contributed by atoms with E-state index in [-0.39, 0.29) is 0 Å². The van der Waals surface area contributed by atoms with Gasteiger partial charge >= 0.3 is 0 Å². The lowest BCUT2D eigenvalue weighted by Gasteiger charge is -2.06. The zero-order chi connectivity index (χ0) is 12.4. The van der Waals surface area contributed by atoms with Crippen molar-refractivity contribution < 1.29 is 0 Å². The molecular weight excluding hydrogens is 208 g/mol. The van der Waals surface area contributed by atoms with Crippen LogP contribution in [0.3, 0.4) is 0 Å². The maximum absolute atomic E-state index is 3.39. The molecule has 0 radical (unpaired) electrons. The van der Waals surface area contributed by atoms with Gasteiger partial charge in [0.2, 0.25) is 0 Å². The molecule has 0 aliphatic heterocycles. The van der Waals surface area contributed by atoms with Gasteiger partial charge in [0.05, 0.1) is 0 Å². The number of hydrogen-bond donors (Lipinski definition) is 1. The first-order valence-electron chi connectivity index (χ1n) is 6.42. The van der Waals surface area contributed by atoms with Crippen LogP contribution in [-0.4, -0.2) is 11.1 Å². The van der Waals surface area contributed by atoms with E-state index in [1.807, 2.05) is 0 Å². The average Bonchev–Trinajstić information content (AvgIpc) is 2.63. The Morgan fingerprint density at radius 2 is 2.06 bits per heavy atom. The monoisotopic (exact) mass is 230 g/mol. The molecule has 1 aromatic carbocycles. The van der Waals surface area contributed by atoms with E-state index in [0.29, 0.717) is 5.92 Å². The smallest absolute Gasteiger partial charge is 0.0483 e. The van der Waals surface area contributed by atoms with E-state index in [1.54, 1.807) is 0 Å². The summed E-state index contributed by atoms with van der Waals surface area (Å²) in [4.78, 5) is 0. The summed E-state index contributed by atoms with van der Waals surface area (Å²) < 4.78 is 2.23. The van der Waals surface area contributed by atoms with Crippen LogP contribution in [-0.2, 0) is 13.6 Å². The Hall–Kier alpha value is -1.28. The van der Waals surface area contributed by atoms with Gasteiger partial charge in [0.15, 0.2) is 0 Å². The Kier molecular flexibility index (Phi) is 3.53. The van der Waals surface area contributed by atoms with Crippen LogP contribution in [0.25, 0.3) is 10.9 Å². The summed E-state index contributed by atoms with van der Waals surface area (Å²) in [5, 5.41) is 4.77. The lowest BCUT2D eigenvalue weighted by Crippen LogP contribution is -2.11. The molecule has 1 N–H and O–H groups in total. The Labute approximate surface area is 104 Å². The van der Waals surface area contributed by atoms with Gasteiger partial charge in [-0.25, -0.2) is 0 Å². The second-order valence-electron chi connectivity index (χ2n) is 4.98. The Bertz CT molecular complexity index is 509. The van der Waals surface area contributed by atoms with Crippen molar-refractivity contribution in [2.75, 3.05) is 6.54 Å². The van der Waals surface area contributed by atoms with E-state index in [1.165, 1.54) is 22.0 Å². The minimum absolute atomic E-state index is 0.589. The molecule has 2 nitrogen and oxygen atoms in total. The third-order valence-corrected chi connectivity index (χ3v) is 3.33. The molecule has 0 fully saturated rings. The molecule has 0 aliphatic rings. The number of benzene rings is 1. The predicted octanol–water partition coefficient (Wildman–Crippen LogP) is 3.41. The molecular formula is C15H22N2. The van der Waals surface area contributed by atoms with Crippen LogP contribution in [0.5, 0.6) is 0 Å². The van der Waals surface area contributed by atoms with Crippen LogP contribution in [0.2, 0.25) is 0 Å².